The van der Waals surface area contributed by atoms with Crippen molar-refractivity contribution >= 4 is 68.6 Å². The largest absolute Gasteiger partial charge is 0.542 e. The Morgan fingerprint density at radius 1 is 0.780 bits per heavy atom. The van der Waals surface area contributed by atoms with Crippen LogP contribution in [0.15, 0.2) is 113 Å². The van der Waals surface area contributed by atoms with Crippen molar-refractivity contribution in [2.45, 2.75) is 78.4 Å². The van der Waals surface area contributed by atoms with Crippen molar-refractivity contribution in [2.24, 2.45) is 0 Å². The molecule has 0 saturated carbocycles. The van der Waals surface area contributed by atoms with E-state index < -0.39 is 123 Å². The number of aliphatic hydroxyl groups is 3. The summed E-state index contributed by atoms with van der Waals surface area (Å²) in [4.78, 5) is 92.9. The van der Waals surface area contributed by atoms with E-state index in [4.69, 9.17) is 29.3 Å². The number of nitrogens with one attached hydrogen (secondary N) is 3. The average molecular weight is 1190 g/mol. The van der Waals surface area contributed by atoms with Gasteiger partial charge in [0.2, 0.25) is 27.9 Å². The zero-order valence-corrected chi connectivity index (χ0v) is 42.1. The number of carbonyl (C=O) groups excluding carboxylic acids is 7. The summed E-state index contributed by atoms with van der Waals surface area (Å²) < 4.78 is 131. The van der Waals surface area contributed by atoms with E-state index in [0.29, 0.717) is 22.8 Å². The van der Waals surface area contributed by atoms with E-state index in [-0.39, 0.29) is 54.5 Å². The third kappa shape index (κ3) is 16.3. The zero-order valence-electron chi connectivity index (χ0n) is 41.3. The second kappa shape index (κ2) is 26.5. The number of aliphatic hydroxyl groups excluding tert-OH is 3. The minimum atomic E-state index is -5.19. The first-order chi connectivity index (χ1) is 38.2. The van der Waals surface area contributed by atoms with Crippen LogP contribution >= 0.6 is 0 Å². The maximum Gasteiger partial charge on any atom is 0.430 e. The topological polar surface area (TPSA) is 391 Å². The molecule has 440 valence electrons. The molecule has 0 radical (unpaired) electrons. The Morgan fingerprint density at radius 3 is 1.90 bits per heavy atom. The van der Waals surface area contributed by atoms with Gasteiger partial charge in [0, 0.05) is 43.8 Å². The molecule has 10 N–H and O–H groups in total. The SMILES string of the molecule is O=C([O-])C(F)(F)F.O=C([O-])C(F)(F)F.[NH3+]C[C@@H](C(=O)NCCC(=O)Nc1cc(C[n+]2ccn3cc(C(=O)NCc4ccc(S(=O)(=O)c5cc(F)cc(F)c5)cc4)ccc32)ccc1O[C@@H]1O[C@H](C(=O)O)[C@@H](O)[C@H](O)[C@H]1O)N1C(=O)C=CC1=O. The number of sulfone groups is 1. The summed E-state index contributed by atoms with van der Waals surface area (Å²) in [6, 6.07) is 13.9. The highest BCUT2D eigenvalue weighted by atomic mass is 32.2. The molecule has 25 nitrogen and oxygen atoms in total. The standard InChI is InChI=1S/C44H41F2N7O14S.2C2HF3O2/c45-26-16-27(46)18-29(17-26)68(64,65)28-5-1-23(2-6-28)20-49-41(60)25-4-8-34-51(13-14-52(34)22-25)21-24-3-7-32(66-44-39(59)37(57)38(58)40(67-44)43(62)63)30(15-24)50-33(54)11-12-48-42(61)31(19-47)53-35(55)9-10-36(53)56;2*3-2(4,5)1(6)7/h1-10,13-18,22,31,37-40,44,57-59H,11-12,19-21,47H2,(H3-,48,49,50,54,60,61,62,63);2*(H,6,7)/t31-,37-,38-,39+,40-,44+;;/m0../s1. The van der Waals surface area contributed by atoms with Crippen molar-refractivity contribution in [1.29, 1.82) is 0 Å². The molecule has 1 saturated heterocycles. The molecule has 34 heteroatoms. The number of hydrogen-bond acceptors (Lipinski definition) is 17. The van der Waals surface area contributed by atoms with Crippen LogP contribution in [0.1, 0.15) is 27.9 Å². The van der Waals surface area contributed by atoms with Gasteiger partial charge < -0.3 is 71.4 Å². The van der Waals surface area contributed by atoms with Crippen molar-refractivity contribution in [2.75, 3.05) is 18.4 Å². The van der Waals surface area contributed by atoms with Crippen molar-refractivity contribution in [3.8, 4) is 5.75 Å². The normalized spacial score (nSPS) is 18.3. The van der Waals surface area contributed by atoms with E-state index in [1.807, 2.05) is 0 Å². The third-order valence-corrected chi connectivity index (χ3v) is 13.1. The van der Waals surface area contributed by atoms with Crippen molar-refractivity contribution in [1.82, 2.24) is 19.9 Å². The van der Waals surface area contributed by atoms with Crippen LogP contribution in [-0.4, -0.2) is 148 Å². The number of ether oxygens (including phenoxy) is 2. The molecule has 0 unspecified atom stereocenters. The number of fused-ring (bicyclic) bond motifs is 1. The molecule has 3 aromatic carbocycles. The minimum absolute atomic E-state index is 0.0111. The highest BCUT2D eigenvalue weighted by molar-refractivity contribution is 7.91. The highest BCUT2D eigenvalue weighted by Crippen LogP contribution is 2.31. The van der Waals surface area contributed by atoms with Crippen LogP contribution in [0.5, 0.6) is 5.75 Å². The van der Waals surface area contributed by atoms with Crippen molar-refractivity contribution < 1.29 is 132 Å². The lowest BCUT2D eigenvalue weighted by Gasteiger charge is -2.38. The lowest BCUT2D eigenvalue weighted by molar-refractivity contribution is -0.661. The molecular weight excluding hydrogens is 1150 g/mol. The van der Waals surface area contributed by atoms with E-state index in [1.54, 1.807) is 45.8 Å². The number of aromatic nitrogens is 2. The van der Waals surface area contributed by atoms with Gasteiger partial charge in [-0.3, -0.25) is 28.9 Å². The number of quaternary nitrogens is 1. The van der Waals surface area contributed by atoms with Gasteiger partial charge in [0.15, 0.2) is 12.1 Å². The van der Waals surface area contributed by atoms with Gasteiger partial charge in [0.25, 0.3) is 23.4 Å². The van der Waals surface area contributed by atoms with Gasteiger partial charge in [-0.05, 0) is 53.6 Å². The van der Waals surface area contributed by atoms with Crippen LogP contribution in [0.4, 0.5) is 40.8 Å². The summed E-state index contributed by atoms with van der Waals surface area (Å²) >= 11 is 0. The number of aliphatic carboxylic acids is 3. The van der Waals surface area contributed by atoms with Gasteiger partial charge in [-0.25, -0.2) is 31.0 Å². The highest BCUT2D eigenvalue weighted by Gasteiger charge is 2.48. The molecule has 1 fully saturated rings. The molecule has 5 amide bonds. The van der Waals surface area contributed by atoms with E-state index in [1.165, 1.54) is 36.4 Å². The Morgan fingerprint density at radius 2 is 1.35 bits per heavy atom. The van der Waals surface area contributed by atoms with Crippen LogP contribution in [-0.2, 0) is 61.2 Å². The van der Waals surface area contributed by atoms with Gasteiger partial charge in [0.05, 0.1) is 21.0 Å². The van der Waals surface area contributed by atoms with Crippen LogP contribution < -0.4 is 41.2 Å². The Balaban J connectivity index is 0.000000781. The second-order valence-electron chi connectivity index (χ2n) is 17.1. The molecule has 2 aromatic heterocycles. The number of carboxylic acids is 3. The van der Waals surface area contributed by atoms with Gasteiger partial charge in [0.1, 0.15) is 79.3 Å². The van der Waals surface area contributed by atoms with E-state index in [2.05, 4.69) is 21.7 Å². The predicted octanol–water partition coefficient (Wildman–Crippen LogP) is -2.84. The monoisotopic (exact) mass is 1190 g/mol. The van der Waals surface area contributed by atoms with Crippen LogP contribution in [0.2, 0.25) is 0 Å². The van der Waals surface area contributed by atoms with E-state index in [0.717, 1.165) is 29.2 Å². The number of nitrogens with zero attached hydrogens (tertiary/aromatic N) is 3. The fraction of sp³-hybridized carbons (Fsp3) is 0.271. The molecule has 0 spiro atoms. The molecule has 4 heterocycles. The van der Waals surface area contributed by atoms with Crippen molar-refractivity contribution in [3.63, 3.8) is 0 Å². The average Bonchev–Trinajstić information content (AvgIpc) is 4.13. The molecule has 0 bridgehead atoms. The maximum absolute atomic E-state index is 13.7. The lowest BCUT2D eigenvalue weighted by atomic mass is 9.99. The van der Waals surface area contributed by atoms with Gasteiger partial charge in [-0.2, -0.15) is 26.3 Å². The number of hydrogen-bond donors (Lipinski definition) is 8. The molecule has 2 aliphatic rings. The van der Waals surface area contributed by atoms with Gasteiger partial charge >= 0.3 is 18.3 Å². The summed E-state index contributed by atoms with van der Waals surface area (Å²) in [5, 5.41) is 66.1. The number of benzene rings is 3. The predicted molar refractivity (Wildman–Crippen MR) is 248 cm³/mol. The fourth-order valence-corrected chi connectivity index (χ4v) is 8.64. The summed E-state index contributed by atoms with van der Waals surface area (Å²) in [6.45, 7) is -0.212. The number of halogens is 8. The smallest absolute Gasteiger partial charge is 0.430 e. The van der Waals surface area contributed by atoms with Crippen LogP contribution in [0.25, 0.3) is 5.65 Å². The van der Waals surface area contributed by atoms with Crippen LogP contribution in [0, 0.1) is 11.6 Å². The maximum atomic E-state index is 13.7. The summed E-state index contributed by atoms with van der Waals surface area (Å²) in [6.07, 6.45) is -13.4. The molecule has 2 aliphatic heterocycles. The van der Waals surface area contributed by atoms with E-state index in [9.17, 15) is 92.7 Å². The second-order valence-corrected chi connectivity index (χ2v) is 19.0. The number of carbonyl (C=O) groups is 8. The Bertz CT molecular complexity index is 3340. The Hall–Kier alpha value is -8.96. The molecule has 6 atom stereocenters. The third-order valence-electron chi connectivity index (χ3n) is 11.3. The molecule has 7 rings (SSSR count). The molecule has 0 aliphatic carbocycles. The summed E-state index contributed by atoms with van der Waals surface area (Å²) in [5.41, 5.74) is 5.59. The molecular formula is C48H43F8N7O18S. The number of pyridine rings is 1. The Labute approximate surface area is 454 Å². The first-order valence-corrected chi connectivity index (χ1v) is 24.5. The quantitative estimate of drug-likeness (QED) is 0.0264. The number of alkyl halides is 6. The minimum Gasteiger partial charge on any atom is -0.542 e. The molecule has 5 aromatic rings. The van der Waals surface area contributed by atoms with Crippen molar-refractivity contribution in [3.05, 3.63) is 132 Å². The number of imidazole rings is 1. The number of imide groups is 1. The summed E-state index contributed by atoms with van der Waals surface area (Å²) in [7, 11) is -4.22. The van der Waals surface area contributed by atoms with Gasteiger partial charge in [-0.15, -0.1) is 0 Å². The van der Waals surface area contributed by atoms with Gasteiger partial charge in [-0.1, -0.05) is 18.2 Å². The first kappa shape index (κ1) is 63.9. The Kier molecular flexibility index (Phi) is 20.7. The number of anilines is 1. The number of amides is 5. The van der Waals surface area contributed by atoms with Crippen LogP contribution in [0.3, 0.4) is 0 Å². The van der Waals surface area contributed by atoms with E-state index >= 15 is 0 Å². The lowest BCUT2D eigenvalue weighted by Crippen LogP contribution is -2.65. The first-order valence-electron chi connectivity index (χ1n) is 23.0. The number of rotatable bonds is 17. The molecule has 82 heavy (non-hydrogen) atoms. The number of carboxylic acid groups (broad SMARTS) is 3. The summed E-state index contributed by atoms with van der Waals surface area (Å²) in [5.74, 6) is -13.1. The fourth-order valence-electron chi connectivity index (χ4n) is 7.33. The zero-order chi connectivity index (χ0) is 61.2.